The summed E-state index contributed by atoms with van der Waals surface area (Å²) in [5, 5.41) is 2.88. The smallest absolute Gasteiger partial charge is 0.220 e. The normalized spacial score (nSPS) is 30.3. The molecule has 1 heterocycles. The Morgan fingerprint density at radius 2 is 2.40 bits per heavy atom. The molecule has 0 aliphatic carbocycles. The zero-order valence-electron chi connectivity index (χ0n) is 6.48. The lowest BCUT2D eigenvalue weighted by atomic mass is 9.89. The van der Waals surface area contributed by atoms with Gasteiger partial charge in [0, 0.05) is 17.9 Å². The molecule has 1 saturated heterocycles. The molecule has 0 aromatic rings. The van der Waals surface area contributed by atoms with E-state index in [1.54, 1.807) is 0 Å². The van der Waals surface area contributed by atoms with Crippen molar-refractivity contribution in [3.8, 4) is 0 Å². The Hall–Kier alpha value is -0.570. The van der Waals surface area contributed by atoms with Gasteiger partial charge in [-0.25, -0.2) is 0 Å². The van der Waals surface area contributed by atoms with Crippen LogP contribution in [0.4, 0.5) is 0 Å². The summed E-state index contributed by atoms with van der Waals surface area (Å²) in [7, 11) is 0. The van der Waals surface area contributed by atoms with Crippen LogP contribution in [0.25, 0.3) is 0 Å². The van der Waals surface area contributed by atoms with E-state index in [1.807, 2.05) is 13.8 Å². The second kappa shape index (κ2) is 2.23. The van der Waals surface area contributed by atoms with Crippen LogP contribution in [0, 0.1) is 5.92 Å². The molecule has 0 spiro atoms. The number of carbonyl (C=O) groups is 1. The van der Waals surface area contributed by atoms with E-state index in [-0.39, 0.29) is 11.4 Å². The maximum atomic E-state index is 10.9. The lowest BCUT2D eigenvalue weighted by Gasteiger charge is -2.24. The third kappa shape index (κ3) is 1.14. The monoisotopic (exact) mass is 142 g/mol. The zero-order valence-corrected chi connectivity index (χ0v) is 6.48. The number of rotatable bonds is 1. The van der Waals surface area contributed by atoms with Gasteiger partial charge in [-0.05, 0) is 20.4 Å². The Morgan fingerprint density at radius 3 is 2.60 bits per heavy atom. The highest BCUT2D eigenvalue weighted by molar-refractivity contribution is 5.79. The molecule has 0 radical (unpaired) electrons. The average molecular weight is 142 g/mol. The molecule has 1 fully saturated rings. The van der Waals surface area contributed by atoms with Crippen LogP contribution in [0.1, 0.15) is 20.3 Å². The summed E-state index contributed by atoms with van der Waals surface area (Å²) < 4.78 is 0. The second-order valence-electron chi connectivity index (χ2n) is 3.41. The summed E-state index contributed by atoms with van der Waals surface area (Å²) in [5.41, 5.74) is 5.39. The zero-order chi connectivity index (χ0) is 7.78. The van der Waals surface area contributed by atoms with E-state index in [1.165, 1.54) is 0 Å². The van der Waals surface area contributed by atoms with Gasteiger partial charge < -0.3 is 11.1 Å². The van der Waals surface area contributed by atoms with E-state index in [4.69, 9.17) is 5.73 Å². The van der Waals surface area contributed by atoms with Crippen LogP contribution in [0.5, 0.6) is 0 Å². The molecule has 3 heteroatoms. The van der Waals surface area contributed by atoms with Gasteiger partial charge in [0.1, 0.15) is 0 Å². The van der Waals surface area contributed by atoms with Crippen LogP contribution in [-0.2, 0) is 4.79 Å². The maximum absolute atomic E-state index is 10.9. The quantitative estimate of drug-likeness (QED) is 0.535. The minimum absolute atomic E-state index is 0.0914. The molecule has 1 aliphatic heterocycles. The van der Waals surface area contributed by atoms with Crippen LogP contribution in [0.15, 0.2) is 0 Å². The lowest BCUT2D eigenvalue weighted by molar-refractivity contribution is -0.119. The average Bonchev–Trinajstić information content (AvgIpc) is 2.04. The number of amides is 1. The summed E-state index contributed by atoms with van der Waals surface area (Å²) in [6.07, 6.45) is 0.587. The van der Waals surface area contributed by atoms with Gasteiger partial charge in [-0.3, -0.25) is 4.79 Å². The molecule has 1 atom stereocenters. The predicted octanol–water partition coefficient (Wildman–Crippen LogP) is -0.140. The van der Waals surface area contributed by atoms with E-state index in [2.05, 4.69) is 5.32 Å². The van der Waals surface area contributed by atoms with Crippen molar-refractivity contribution in [2.45, 2.75) is 25.8 Å². The van der Waals surface area contributed by atoms with Gasteiger partial charge in [-0.1, -0.05) is 0 Å². The molecular weight excluding hydrogens is 128 g/mol. The fourth-order valence-electron chi connectivity index (χ4n) is 1.37. The van der Waals surface area contributed by atoms with E-state index in [9.17, 15) is 4.79 Å². The van der Waals surface area contributed by atoms with Gasteiger partial charge in [-0.2, -0.15) is 0 Å². The van der Waals surface area contributed by atoms with E-state index in [0.717, 1.165) is 0 Å². The molecule has 0 aromatic heterocycles. The highest BCUT2D eigenvalue weighted by Crippen LogP contribution is 2.24. The molecule has 58 valence electrons. The van der Waals surface area contributed by atoms with Gasteiger partial charge in [0.15, 0.2) is 0 Å². The largest absolute Gasteiger partial charge is 0.351 e. The first-order chi connectivity index (χ1) is 4.56. The topological polar surface area (TPSA) is 55.1 Å². The van der Waals surface area contributed by atoms with Crippen LogP contribution < -0.4 is 11.1 Å². The minimum atomic E-state index is -0.0914. The van der Waals surface area contributed by atoms with Gasteiger partial charge in [0.05, 0.1) is 0 Å². The molecule has 3 N–H and O–H groups in total. The van der Waals surface area contributed by atoms with Crippen molar-refractivity contribution < 1.29 is 4.79 Å². The summed E-state index contributed by atoms with van der Waals surface area (Å²) >= 11 is 0. The van der Waals surface area contributed by atoms with E-state index < -0.39 is 0 Å². The fraction of sp³-hybridized carbons (Fsp3) is 0.857. The molecule has 10 heavy (non-hydrogen) atoms. The van der Waals surface area contributed by atoms with Gasteiger partial charge in [-0.15, -0.1) is 0 Å². The molecular formula is C7H14N2O. The van der Waals surface area contributed by atoms with Crippen LogP contribution >= 0.6 is 0 Å². The Bertz CT molecular complexity index is 154. The number of hydrogen-bond acceptors (Lipinski definition) is 2. The highest BCUT2D eigenvalue weighted by Gasteiger charge is 2.37. The van der Waals surface area contributed by atoms with E-state index >= 15 is 0 Å². The van der Waals surface area contributed by atoms with Gasteiger partial charge >= 0.3 is 0 Å². The molecule has 3 nitrogen and oxygen atoms in total. The van der Waals surface area contributed by atoms with Crippen molar-refractivity contribution in [1.82, 2.24) is 5.32 Å². The lowest BCUT2D eigenvalue weighted by Crippen LogP contribution is -2.41. The maximum Gasteiger partial charge on any atom is 0.220 e. The number of nitrogens with two attached hydrogens (primary N) is 1. The van der Waals surface area contributed by atoms with E-state index in [0.29, 0.717) is 18.9 Å². The van der Waals surface area contributed by atoms with Crippen molar-refractivity contribution in [2.24, 2.45) is 11.7 Å². The van der Waals surface area contributed by atoms with Gasteiger partial charge in [0.25, 0.3) is 0 Å². The summed E-state index contributed by atoms with van der Waals surface area (Å²) in [6, 6.07) is 0. The molecule has 1 rings (SSSR count). The number of carbonyl (C=O) groups excluding carboxylic acids is 1. The van der Waals surface area contributed by atoms with Crippen LogP contribution in [-0.4, -0.2) is 18.0 Å². The Labute approximate surface area is 61.0 Å². The summed E-state index contributed by atoms with van der Waals surface area (Å²) in [5.74, 6) is 0.431. The third-order valence-corrected chi connectivity index (χ3v) is 2.20. The first-order valence-electron chi connectivity index (χ1n) is 3.57. The number of hydrogen-bond donors (Lipinski definition) is 2. The predicted molar refractivity (Wildman–Crippen MR) is 39.4 cm³/mol. The Kier molecular flexibility index (Phi) is 1.68. The molecule has 0 bridgehead atoms. The minimum Gasteiger partial charge on any atom is -0.351 e. The van der Waals surface area contributed by atoms with Crippen LogP contribution in [0.3, 0.4) is 0 Å². The molecule has 0 aromatic carbocycles. The third-order valence-electron chi connectivity index (χ3n) is 2.20. The molecule has 1 aliphatic rings. The molecule has 1 unspecified atom stereocenters. The summed E-state index contributed by atoms with van der Waals surface area (Å²) in [4.78, 5) is 10.9. The van der Waals surface area contributed by atoms with Crippen molar-refractivity contribution in [3.63, 3.8) is 0 Å². The summed E-state index contributed by atoms with van der Waals surface area (Å²) in [6.45, 7) is 4.61. The van der Waals surface area contributed by atoms with Crippen LogP contribution in [0.2, 0.25) is 0 Å². The van der Waals surface area contributed by atoms with Crippen molar-refractivity contribution >= 4 is 5.91 Å². The Balaban J connectivity index is 2.67. The first-order valence-corrected chi connectivity index (χ1v) is 3.57. The Morgan fingerprint density at radius 1 is 1.80 bits per heavy atom. The van der Waals surface area contributed by atoms with Gasteiger partial charge in [0.2, 0.25) is 5.91 Å². The number of nitrogens with one attached hydrogen (secondary N) is 1. The molecule has 0 saturated carbocycles. The van der Waals surface area contributed by atoms with Crippen molar-refractivity contribution in [2.75, 3.05) is 6.54 Å². The van der Waals surface area contributed by atoms with Crippen molar-refractivity contribution in [1.29, 1.82) is 0 Å². The highest BCUT2D eigenvalue weighted by atomic mass is 16.2. The fourth-order valence-corrected chi connectivity index (χ4v) is 1.37. The second-order valence-corrected chi connectivity index (χ2v) is 3.41. The first kappa shape index (κ1) is 7.54. The molecule has 1 amide bonds. The SMILES string of the molecule is CC1(C)NC(=O)CC1CN. The standard InChI is InChI=1S/C7H14N2O/c1-7(2)5(4-8)3-6(10)9-7/h5H,3-4,8H2,1-2H3,(H,9,10). The van der Waals surface area contributed by atoms with Crippen molar-refractivity contribution in [3.05, 3.63) is 0 Å².